The van der Waals surface area contributed by atoms with Crippen LogP contribution in [0.1, 0.15) is 28.0 Å². The van der Waals surface area contributed by atoms with Crippen molar-refractivity contribution >= 4 is 5.97 Å². The lowest BCUT2D eigenvalue weighted by Gasteiger charge is -2.11. The predicted octanol–water partition coefficient (Wildman–Crippen LogP) is 1.74. The molecule has 4 heteroatoms. The number of hydrogen-bond donors (Lipinski definition) is 1. The van der Waals surface area contributed by atoms with Gasteiger partial charge in [-0.15, -0.1) is 6.58 Å². The Morgan fingerprint density at radius 1 is 1.56 bits per heavy atom. The van der Waals surface area contributed by atoms with Gasteiger partial charge in [-0.25, -0.2) is 4.79 Å². The van der Waals surface area contributed by atoms with Crippen molar-refractivity contribution in [2.24, 2.45) is 0 Å². The van der Waals surface area contributed by atoms with Crippen LogP contribution in [0, 0.1) is 13.8 Å². The Labute approximate surface area is 93.8 Å². The van der Waals surface area contributed by atoms with E-state index >= 15 is 0 Å². The van der Waals surface area contributed by atoms with E-state index in [0.717, 1.165) is 5.69 Å². The summed E-state index contributed by atoms with van der Waals surface area (Å²) in [7, 11) is 0. The summed E-state index contributed by atoms with van der Waals surface area (Å²) in [6.07, 6.45) is 2.34. The van der Waals surface area contributed by atoms with Crippen molar-refractivity contribution in [3.05, 3.63) is 45.9 Å². The largest absolute Gasteiger partial charge is 0.477 e. The first-order chi connectivity index (χ1) is 7.49. The van der Waals surface area contributed by atoms with Gasteiger partial charge >= 0.3 is 5.97 Å². The zero-order chi connectivity index (χ0) is 12.3. The molecular formula is C12H15NO3. The van der Waals surface area contributed by atoms with Crippen LogP contribution in [0.3, 0.4) is 0 Å². The van der Waals surface area contributed by atoms with Crippen LogP contribution < -0.4 is 5.56 Å². The third kappa shape index (κ3) is 2.21. The monoisotopic (exact) mass is 221 g/mol. The minimum absolute atomic E-state index is 0.144. The highest BCUT2D eigenvalue weighted by molar-refractivity contribution is 5.88. The summed E-state index contributed by atoms with van der Waals surface area (Å²) in [6.45, 7) is 7.47. The summed E-state index contributed by atoms with van der Waals surface area (Å²) in [4.78, 5) is 22.9. The second-order valence-corrected chi connectivity index (χ2v) is 3.68. The van der Waals surface area contributed by atoms with Gasteiger partial charge in [0.2, 0.25) is 0 Å². The number of aryl methyl sites for hydroxylation is 2. The topological polar surface area (TPSA) is 59.3 Å². The van der Waals surface area contributed by atoms with Crippen molar-refractivity contribution in [3.8, 4) is 0 Å². The van der Waals surface area contributed by atoms with E-state index in [9.17, 15) is 9.59 Å². The van der Waals surface area contributed by atoms with Crippen LogP contribution >= 0.6 is 0 Å². The molecule has 86 valence electrons. The molecule has 1 heterocycles. The molecule has 1 rings (SSSR count). The average Bonchev–Trinajstić information content (AvgIpc) is 2.16. The number of aromatic nitrogens is 1. The van der Waals surface area contributed by atoms with Crippen molar-refractivity contribution in [3.63, 3.8) is 0 Å². The number of rotatable bonds is 4. The molecule has 0 unspecified atom stereocenters. The Kier molecular flexibility index (Phi) is 3.66. The molecule has 1 aromatic rings. The summed E-state index contributed by atoms with van der Waals surface area (Å²) < 4.78 is 1.47. The molecule has 0 bridgehead atoms. The first-order valence-corrected chi connectivity index (χ1v) is 5.04. The molecule has 1 aromatic heterocycles. The molecule has 0 aliphatic heterocycles. The van der Waals surface area contributed by atoms with Gasteiger partial charge in [0.25, 0.3) is 5.56 Å². The van der Waals surface area contributed by atoms with Gasteiger partial charge in [0.1, 0.15) is 5.56 Å². The normalized spacial score (nSPS) is 10.1. The van der Waals surface area contributed by atoms with Gasteiger partial charge in [-0.3, -0.25) is 4.79 Å². The quantitative estimate of drug-likeness (QED) is 0.788. The molecule has 0 aromatic carbocycles. The van der Waals surface area contributed by atoms with Crippen molar-refractivity contribution < 1.29 is 9.90 Å². The number of carboxylic acids is 1. The number of allylic oxidation sites excluding steroid dienone is 1. The first-order valence-electron chi connectivity index (χ1n) is 5.04. The van der Waals surface area contributed by atoms with Crippen molar-refractivity contribution in [2.45, 2.75) is 26.8 Å². The van der Waals surface area contributed by atoms with Crippen LogP contribution in [-0.4, -0.2) is 15.6 Å². The molecular weight excluding hydrogens is 206 g/mol. The second-order valence-electron chi connectivity index (χ2n) is 3.68. The number of pyridine rings is 1. The smallest absolute Gasteiger partial charge is 0.341 e. The van der Waals surface area contributed by atoms with Crippen LogP contribution in [0.5, 0.6) is 0 Å². The summed E-state index contributed by atoms with van der Waals surface area (Å²) in [5, 5.41) is 8.95. The highest BCUT2D eigenvalue weighted by Crippen LogP contribution is 2.07. The van der Waals surface area contributed by atoms with Gasteiger partial charge in [0.15, 0.2) is 0 Å². The highest BCUT2D eigenvalue weighted by atomic mass is 16.4. The first kappa shape index (κ1) is 12.2. The maximum absolute atomic E-state index is 11.9. The van der Waals surface area contributed by atoms with Gasteiger partial charge in [-0.1, -0.05) is 6.08 Å². The summed E-state index contributed by atoms with van der Waals surface area (Å²) in [5.41, 5.74) is 0.695. The van der Waals surface area contributed by atoms with Crippen LogP contribution in [0.2, 0.25) is 0 Å². The Balaban J connectivity index is 3.39. The SMILES string of the molecule is C=CCCn1c(C)cc(C)c(C(=O)O)c1=O. The van der Waals surface area contributed by atoms with Crippen LogP contribution in [-0.2, 0) is 6.54 Å². The van der Waals surface area contributed by atoms with Crippen molar-refractivity contribution in [1.82, 2.24) is 4.57 Å². The van der Waals surface area contributed by atoms with E-state index in [0.29, 0.717) is 18.5 Å². The molecule has 0 fully saturated rings. The third-order valence-electron chi connectivity index (χ3n) is 2.48. The molecule has 0 aliphatic rings. The number of carboxylic acid groups (broad SMARTS) is 1. The molecule has 0 saturated carbocycles. The van der Waals surface area contributed by atoms with Crippen LogP contribution in [0.15, 0.2) is 23.5 Å². The summed E-state index contributed by atoms with van der Waals surface area (Å²) >= 11 is 0. The fourth-order valence-corrected chi connectivity index (χ4v) is 1.69. The lowest BCUT2D eigenvalue weighted by Crippen LogP contribution is -2.29. The summed E-state index contributed by atoms with van der Waals surface area (Å²) in [6, 6.07) is 1.72. The minimum atomic E-state index is -1.17. The second kappa shape index (κ2) is 4.79. The van der Waals surface area contributed by atoms with E-state index in [4.69, 9.17) is 5.11 Å². The average molecular weight is 221 g/mol. The maximum Gasteiger partial charge on any atom is 0.341 e. The lowest BCUT2D eigenvalue weighted by atomic mass is 10.1. The van der Waals surface area contributed by atoms with Gasteiger partial charge in [-0.2, -0.15) is 0 Å². The number of aromatic carboxylic acids is 1. The third-order valence-corrected chi connectivity index (χ3v) is 2.48. The van der Waals surface area contributed by atoms with Gasteiger partial charge in [-0.05, 0) is 31.9 Å². The molecule has 1 N–H and O–H groups in total. The molecule has 0 radical (unpaired) electrons. The predicted molar refractivity (Wildman–Crippen MR) is 61.9 cm³/mol. The molecule has 0 aliphatic carbocycles. The van der Waals surface area contributed by atoms with Gasteiger partial charge < -0.3 is 9.67 Å². The Morgan fingerprint density at radius 2 is 2.19 bits per heavy atom. The highest BCUT2D eigenvalue weighted by Gasteiger charge is 2.15. The van der Waals surface area contributed by atoms with Crippen molar-refractivity contribution in [2.75, 3.05) is 0 Å². The standard InChI is InChI=1S/C12H15NO3/c1-4-5-6-13-9(3)7-8(2)10(11(13)14)12(15)16/h4,7H,1,5-6H2,2-3H3,(H,15,16). The van der Waals surface area contributed by atoms with E-state index in [1.165, 1.54) is 4.57 Å². The van der Waals surface area contributed by atoms with Crippen LogP contribution in [0.25, 0.3) is 0 Å². The molecule has 0 amide bonds. The Morgan fingerprint density at radius 3 is 2.69 bits per heavy atom. The van der Waals surface area contributed by atoms with E-state index in [-0.39, 0.29) is 5.56 Å². The molecule has 0 saturated heterocycles. The number of carbonyl (C=O) groups is 1. The molecule has 16 heavy (non-hydrogen) atoms. The Hall–Kier alpha value is -1.84. The molecule has 0 atom stereocenters. The van der Waals surface area contributed by atoms with Gasteiger partial charge in [0, 0.05) is 12.2 Å². The Bertz CT molecular complexity index is 486. The zero-order valence-electron chi connectivity index (χ0n) is 9.49. The zero-order valence-corrected chi connectivity index (χ0v) is 9.49. The van der Waals surface area contributed by atoms with Crippen LogP contribution in [0.4, 0.5) is 0 Å². The van der Waals surface area contributed by atoms with Crippen molar-refractivity contribution in [1.29, 1.82) is 0 Å². The van der Waals surface area contributed by atoms with E-state index in [1.807, 2.05) is 0 Å². The maximum atomic E-state index is 11.9. The number of hydrogen-bond acceptors (Lipinski definition) is 2. The number of nitrogens with zero attached hydrogens (tertiary/aromatic N) is 1. The van der Waals surface area contributed by atoms with E-state index in [2.05, 4.69) is 6.58 Å². The van der Waals surface area contributed by atoms with E-state index < -0.39 is 11.5 Å². The fraction of sp³-hybridized carbons (Fsp3) is 0.333. The lowest BCUT2D eigenvalue weighted by molar-refractivity contribution is 0.0693. The van der Waals surface area contributed by atoms with Gasteiger partial charge in [0.05, 0.1) is 0 Å². The fourth-order valence-electron chi connectivity index (χ4n) is 1.69. The minimum Gasteiger partial charge on any atom is -0.477 e. The summed E-state index contributed by atoms with van der Waals surface area (Å²) in [5.74, 6) is -1.17. The van der Waals surface area contributed by atoms with E-state index in [1.54, 1.807) is 26.0 Å². The molecule has 0 spiro atoms. The molecule has 4 nitrogen and oxygen atoms in total.